The molecule has 0 aliphatic heterocycles. The van der Waals surface area contributed by atoms with E-state index in [2.05, 4.69) is 9.97 Å². The Morgan fingerprint density at radius 2 is 1.79 bits per heavy atom. The molecule has 1 amide bonds. The number of nitrogens with zero attached hydrogens (tertiary/aromatic N) is 3. The topological polar surface area (TPSA) is 46.1 Å². The van der Waals surface area contributed by atoms with E-state index in [-0.39, 0.29) is 5.91 Å². The predicted octanol–water partition coefficient (Wildman–Crippen LogP) is 2.48. The van der Waals surface area contributed by atoms with Crippen LogP contribution >= 0.6 is 0 Å². The van der Waals surface area contributed by atoms with Gasteiger partial charge in [0.2, 0.25) is 0 Å². The highest BCUT2D eigenvalue weighted by Gasteiger charge is 2.30. The Morgan fingerprint density at radius 1 is 1.16 bits per heavy atom. The summed E-state index contributed by atoms with van der Waals surface area (Å²) in [6, 6.07) is 5.99. The quantitative estimate of drug-likeness (QED) is 0.828. The third kappa shape index (κ3) is 2.18. The summed E-state index contributed by atoms with van der Waals surface area (Å²) in [6.45, 7) is 3.88. The molecule has 98 valence electrons. The number of hydrogen-bond donors (Lipinski definition) is 0. The summed E-state index contributed by atoms with van der Waals surface area (Å²) in [4.78, 5) is 23.1. The number of aryl methyl sites for hydroxylation is 2. The Morgan fingerprint density at radius 3 is 2.42 bits per heavy atom. The van der Waals surface area contributed by atoms with E-state index in [1.807, 2.05) is 44.0 Å². The van der Waals surface area contributed by atoms with Crippen LogP contribution in [0, 0.1) is 13.8 Å². The normalized spacial score (nSPS) is 14.7. The van der Waals surface area contributed by atoms with Crippen molar-refractivity contribution < 1.29 is 4.79 Å². The first-order chi connectivity index (χ1) is 9.06. The Bertz CT molecular complexity index is 662. The number of fused-ring (bicyclic) bond motifs is 1. The van der Waals surface area contributed by atoms with Crippen LogP contribution in [0.15, 0.2) is 18.2 Å². The lowest BCUT2D eigenvalue weighted by Crippen LogP contribution is -2.28. The second kappa shape index (κ2) is 4.30. The lowest BCUT2D eigenvalue weighted by Gasteiger charge is -2.16. The van der Waals surface area contributed by atoms with Crippen LogP contribution in [0.2, 0.25) is 0 Å². The van der Waals surface area contributed by atoms with Crippen LogP contribution in [0.1, 0.15) is 34.6 Å². The minimum Gasteiger partial charge on any atom is -0.339 e. The van der Waals surface area contributed by atoms with E-state index in [1.54, 1.807) is 0 Å². The van der Waals surface area contributed by atoms with Crippen molar-refractivity contribution in [3.8, 4) is 0 Å². The molecular formula is C15H17N3O. The summed E-state index contributed by atoms with van der Waals surface area (Å²) < 4.78 is 0. The molecule has 1 saturated carbocycles. The Hall–Kier alpha value is -1.97. The van der Waals surface area contributed by atoms with Crippen LogP contribution in [-0.2, 0) is 0 Å². The first-order valence-electron chi connectivity index (χ1n) is 6.58. The van der Waals surface area contributed by atoms with Gasteiger partial charge in [0.25, 0.3) is 5.91 Å². The molecule has 1 fully saturated rings. The number of hydrogen-bond acceptors (Lipinski definition) is 3. The van der Waals surface area contributed by atoms with Gasteiger partial charge in [-0.25, -0.2) is 9.97 Å². The maximum absolute atomic E-state index is 12.3. The van der Waals surface area contributed by atoms with E-state index in [4.69, 9.17) is 0 Å². The van der Waals surface area contributed by atoms with Gasteiger partial charge >= 0.3 is 0 Å². The second-order valence-electron chi connectivity index (χ2n) is 5.25. The zero-order valence-corrected chi connectivity index (χ0v) is 11.5. The monoisotopic (exact) mass is 255 g/mol. The van der Waals surface area contributed by atoms with E-state index in [1.165, 1.54) is 0 Å². The number of carbonyl (C=O) groups is 1. The predicted molar refractivity (Wildman–Crippen MR) is 74.1 cm³/mol. The highest BCUT2D eigenvalue weighted by Crippen LogP contribution is 2.27. The molecule has 3 rings (SSSR count). The molecule has 19 heavy (non-hydrogen) atoms. The molecule has 0 spiro atoms. The first kappa shape index (κ1) is 12.1. The Labute approximate surface area is 112 Å². The van der Waals surface area contributed by atoms with Crippen molar-refractivity contribution in [2.45, 2.75) is 32.7 Å². The maximum Gasteiger partial charge on any atom is 0.253 e. The molecule has 2 aromatic rings. The molecule has 1 aliphatic rings. The standard InChI is InChI=1S/C15H17N3O/c1-9-10(2)17-14-8-11(4-7-13(14)16-9)15(19)18(3)12-5-6-12/h4,7-8,12H,5-6H2,1-3H3. The highest BCUT2D eigenvalue weighted by atomic mass is 16.2. The Balaban J connectivity index is 2.01. The van der Waals surface area contributed by atoms with Crippen molar-refractivity contribution in [2.75, 3.05) is 7.05 Å². The maximum atomic E-state index is 12.3. The number of carbonyl (C=O) groups excluding carboxylic acids is 1. The number of amides is 1. The van der Waals surface area contributed by atoms with Gasteiger partial charge in [0.15, 0.2) is 0 Å². The SMILES string of the molecule is Cc1nc2ccc(C(=O)N(C)C3CC3)cc2nc1C. The van der Waals surface area contributed by atoms with Gasteiger partial charge in [-0.05, 0) is 44.9 Å². The van der Waals surface area contributed by atoms with Crippen molar-refractivity contribution in [1.29, 1.82) is 0 Å². The summed E-state index contributed by atoms with van der Waals surface area (Å²) in [5, 5.41) is 0. The van der Waals surface area contributed by atoms with E-state index in [0.29, 0.717) is 11.6 Å². The molecule has 4 nitrogen and oxygen atoms in total. The van der Waals surface area contributed by atoms with Gasteiger partial charge in [-0.1, -0.05) is 0 Å². The molecule has 1 aromatic carbocycles. The average Bonchev–Trinajstić information content (AvgIpc) is 3.22. The van der Waals surface area contributed by atoms with E-state index in [0.717, 1.165) is 35.3 Å². The summed E-state index contributed by atoms with van der Waals surface area (Å²) in [7, 11) is 1.87. The lowest BCUT2D eigenvalue weighted by molar-refractivity contribution is 0.0785. The highest BCUT2D eigenvalue weighted by molar-refractivity contribution is 5.97. The lowest BCUT2D eigenvalue weighted by atomic mass is 10.1. The molecule has 0 N–H and O–H groups in total. The molecule has 0 atom stereocenters. The average molecular weight is 255 g/mol. The molecule has 0 bridgehead atoms. The second-order valence-corrected chi connectivity index (χ2v) is 5.25. The van der Waals surface area contributed by atoms with Crippen LogP contribution < -0.4 is 0 Å². The first-order valence-corrected chi connectivity index (χ1v) is 6.58. The van der Waals surface area contributed by atoms with Crippen molar-refractivity contribution in [2.24, 2.45) is 0 Å². The summed E-state index contributed by atoms with van der Waals surface area (Å²) in [5.74, 6) is 0.0735. The molecule has 1 aliphatic carbocycles. The van der Waals surface area contributed by atoms with Crippen LogP contribution in [0.5, 0.6) is 0 Å². The van der Waals surface area contributed by atoms with E-state index in [9.17, 15) is 4.79 Å². The number of benzene rings is 1. The number of rotatable bonds is 2. The molecular weight excluding hydrogens is 238 g/mol. The van der Waals surface area contributed by atoms with E-state index >= 15 is 0 Å². The van der Waals surface area contributed by atoms with Crippen LogP contribution in [-0.4, -0.2) is 33.9 Å². The van der Waals surface area contributed by atoms with Crippen molar-refractivity contribution >= 4 is 16.9 Å². The third-order valence-corrected chi connectivity index (χ3v) is 3.74. The molecule has 0 saturated heterocycles. The fraction of sp³-hybridized carbons (Fsp3) is 0.400. The van der Waals surface area contributed by atoms with Gasteiger partial charge in [0.1, 0.15) is 0 Å². The van der Waals surface area contributed by atoms with Crippen molar-refractivity contribution in [1.82, 2.24) is 14.9 Å². The van der Waals surface area contributed by atoms with Gasteiger partial charge in [-0.3, -0.25) is 4.79 Å². The van der Waals surface area contributed by atoms with Crippen molar-refractivity contribution in [3.05, 3.63) is 35.2 Å². The molecule has 0 radical (unpaired) electrons. The minimum atomic E-state index is 0.0735. The summed E-state index contributed by atoms with van der Waals surface area (Å²) >= 11 is 0. The van der Waals surface area contributed by atoms with Crippen molar-refractivity contribution in [3.63, 3.8) is 0 Å². The van der Waals surface area contributed by atoms with Gasteiger partial charge in [-0.2, -0.15) is 0 Å². The van der Waals surface area contributed by atoms with Gasteiger partial charge < -0.3 is 4.90 Å². The van der Waals surface area contributed by atoms with Crippen LogP contribution in [0.25, 0.3) is 11.0 Å². The van der Waals surface area contributed by atoms with Gasteiger partial charge in [-0.15, -0.1) is 0 Å². The smallest absolute Gasteiger partial charge is 0.253 e. The minimum absolute atomic E-state index is 0.0735. The zero-order valence-electron chi connectivity index (χ0n) is 11.5. The van der Waals surface area contributed by atoms with Crippen LogP contribution in [0.4, 0.5) is 0 Å². The Kier molecular flexibility index (Phi) is 2.73. The van der Waals surface area contributed by atoms with E-state index < -0.39 is 0 Å². The molecule has 1 aromatic heterocycles. The largest absolute Gasteiger partial charge is 0.339 e. The molecule has 1 heterocycles. The summed E-state index contributed by atoms with van der Waals surface area (Å²) in [6.07, 6.45) is 2.24. The number of aromatic nitrogens is 2. The fourth-order valence-electron chi connectivity index (χ4n) is 2.20. The summed E-state index contributed by atoms with van der Waals surface area (Å²) in [5.41, 5.74) is 4.17. The van der Waals surface area contributed by atoms with Gasteiger partial charge in [0, 0.05) is 18.7 Å². The zero-order chi connectivity index (χ0) is 13.6. The van der Waals surface area contributed by atoms with Gasteiger partial charge in [0.05, 0.1) is 22.4 Å². The molecule has 4 heteroatoms. The van der Waals surface area contributed by atoms with Crippen LogP contribution in [0.3, 0.4) is 0 Å². The third-order valence-electron chi connectivity index (χ3n) is 3.74. The fourth-order valence-corrected chi connectivity index (χ4v) is 2.20. The molecule has 0 unspecified atom stereocenters.